The van der Waals surface area contributed by atoms with Gasteiger partial charge in [-0.15, -0.1) is 0 Å². The molecule has 1 aromatic heterocycles. The first-order valence-corrected chi connectivity index (χ1v) is 10.5. The van der Waals surface area contributed by atoms with Gasteiger partial charge in [0.25, 0.3) is 0 Å². The Labute approximate surface area is 167 Å². The Balaban J connectivity index is 1.38. The first-order valence-electron chi connectivity index (χ1n) is 10.5. The topological polar surface area (TPSA) is 51.6 Å². The quantitative estimate of drug-likeness (QED) is 0.549. The van der Waals surface area contributed by atoms with Gasteiger partial charge in [-0.3, -0.25) is 0 Å². The number of aromatic amines is 1. The van der Waals surface area contributed by atoms with Crippen molar-refractivity contribution in [3.05, 3.63) is 71.4 Å². The molecule has 1 fully saturated rings. The molecular weight excluding hydrogens is 342 g/mol. The number of aryl methyl sites for hydroxylation is 1. The monoisotopic (exact) mass is 371 g/mol. The van der Waals surface area contributed by atoms with E-state index in [4.69, 9.17) is 5.26 Å². The van der Waals surface area contributed by atoms with Crippen LogP contribution in [0.1, 0.15) is 48.8 Å². The molecule has 0 saturated carbocycles. The number of rotatable bonds is 7. The summed E-state index contributed by atoms with van der Waals surface area (Å²) in [4.78, 5) is 3.35. The molecule has 4 rings (SSSR count). The molecule has 144 valence electrons. The van der Waals surface area contributed by atoms with Gasteiger partial charge >= 0.3 is 0 Å². The lowest BCUT2D eigenvalue weighted by Gasteiger charge is -2.38. The van der Waals surface area contributed by atoms with Gasteiger partial charge in [0.1, 0.15) is 0 Å². The number of benzene rings is 2. The summed E-state index contributed by atoms with van der Waals surface area (Å²) in [5, 5.41) is 14.0. The standard InChI is InChI=1S/C25H29N3/c26-17-21-10-11-24-23(15-21)22(18-28-24)9-4-5-12-25(13-6-14-27-19-25)16-20-7-2-1-3-8-20/h1-3,7-8,10-11,15,18,27-28H,4-6,9,12-14,16,19H2/t25-/m0/s1. The molecule has 1 atom stereocenters. The highest BCUT2D eigenvalue weighted by molar-refractivity contribution is 5.84. The molecule has 3 aromatic rings. The normalized spacial score (nSPS) is 19.5. The van der Waals surface area contributed by atoms with Crippen molar-refractivity contribution in [3.8, 4) is 6.07 Å². The van der Waals surface area contributed by atoms with Gasteiger partial charge in [-0.25, -0.2) is 0 Å². The van der Waals surface area contributed by atoms with Gasteiger partial charge in [0.15, 0.2) is 0 Å². The number of nitrogens with one attached hydrogen (secondary N) is 2. The van der Waals surface area contributed by atoms with Crippen LogP contribution in [0.3, 0.4) is 0 Å². The first kappa shape index (κ1) is 18.8. The Morgan fingerprint density at radius 3 is 2.75 bits per heavy atom. The summed E-state index contributed by atoms with van der Waals surface area (Å²) >= 11 is 0. The van der Waals surface area contributed by atoms with Crippen LogP contribution in [0.25, 0.3) is 10.9 Å². The van der Waals surface area contributed by atoms with Crippen LogP contribution < -0.4 is 5.32 Å². The van der Waals surface area contributed by atoms with Crippen molar-refractivity contribution in [2.45, 2.75) is 44.9 Å². The summed E-state index contributed by atoms with van der Waals surface area (Å²) in [5.41, 5.74) is 5.07. The van der Waals surface area contributed by atoms with Gasteiger partial charge in [-0.2, -0.15) is 5.26 Å². The molecule has 2 heterocycles. The van der Waals surface area contributed by atoms with Crippen molar-refractivity contribution in [1.29, 1.82) is 5.26 Å². The molecule has 0 aliphatic carbocycles. The van der Waals surface area contributed by atoms with Crippen molar-refractivity contribution in [2.75, 3.05) is 13.1 Å². The Morgan fingerprint density at radius 1 is 1.07 bits per heavy atom. The van der Waals surface area contributed by atoms with E-state index in [1.165, 1.54) is 55.0 Å². The number of aromatic nitrogens is 1. The van der Waals surface area contributed by atoms with E-state index >= 15 is 0 Å². The van der Waals surface area contributed by atoms with E-state index in [9.17, 15) is 0 Å². The third-order valence-corrected chi connectivity index (χ3v) is 6.28. The average molecular weight is 372 g/mol. The molecule has 1 aliphatic heterocycles. The zero-order chi connectivity index (χ0) is 19.2. The first-order chi connectivity index (χ1) is 13.8. The van der Waals surface area contributed by atoms with Crippen LogP contribution in [-0.4, -0.2) is 18.1 Å². The van der Waals surface area contributed by atoms with Crippen LogP contribution in [0.2, 0.25) is 0 Å². The van der Waals surface area contributed by atoms with E-state index in [-0.39, 0.29) is 0 Å². The van der Waals surface area contributed by atoms with E-state index in [1.54, 1.807) is 0 Å². The molecule has 1 saturated heterocycles. The number of H-pyrrole nitrogens is 1. The van der Waals surface area contributed by atoms with Gasteiger partial charge in [-0.1, -0.05) is 36.8 Å². The van der Waals surface area contributed by atoms with Crippen molar-refractivity contribution in [1.82, 2.24) is 10.3 Å². The maximum Gasteiger partial charge on any atom is 0.0991 e. The van der Waals surface area contributed by atoms with Gasteiger partial charge in [0.05, 0.1) is 11.6 Å². The maximum absolute atomic E-state index is 9.17. The number of unbranched alkanes of at least 4 members (excludes halogenated alkanes) is 1. The molecule has 0 spiro atoms. The molecule has 3 nitrogen and oxygen atoms in total. The number of hydrogen-bond donors (Lipinski definition) is 2. The predicted molar refractivity (Wildman–Crippen MR) is 115 cm³/mol. The van der Waals surface area contributed by atoms with Gasteiger partial charge in [-0.05, 0) is 79.8 Å². The van der Waals surface area contributed by atoms with Crippen molar-refractivity contribution in [3.63, 3.8) is 0 Å². The highest BCUT2D eigenvalue weighted by Crippen LogP contribution is 2.36. The summed E-state index contributed by atoms with van der Waals surface area (Å²) in [6.45, 7) is 2.30. The van der Waals surface area contributed by atoms with Crippen LogP contribution in [0.15, 0.2) is 54.7 Å². The minimum atomic E-state index is 0.397. The fourth-order valence-electron chi connectivity index (χ4n) is 4.78. The minimum Gasteiger partial charge on any atom is -0.361 e. The van der Waals surface area contributed by atoms with Crippen molar-refractivity contribution in [2.24, 2.45) is 5.41 Å². The molecule has 2 aromatic carbocycles. The van der Waals surface area contributed by atoms with Crippen LogP contribution in [-0.2, 0) is 12.8 Å². The average Bonchev–Trinajstić information content (AvgIpc) is 3.15. The third-order valence-electron chi connectivity index (χ3n) is 6.28. The van der Waals surface area contributed by atoms with Crippen LogP contribution in [0.4, 0.5) is 0 Å². The SMILES string of the molecule is N#Cc1ccc2[nH]cc(CCCC[C@@]3(Cc4ccccc4)CCCNC3)c2c1. The Kier molecular flexibility index (Phi) is 5.78. The largest absolute Gasteiger partial charge is 0.361 e. The molecule has 0 unspecified atom stereocenters. The number of hydrogen-bond acceptors (Lipinski definition) is 2. The van der Waals surface area contributed by atoms with Crippen LogP contribution in [0, 0.1) is 16.7 Å². The predicted octanol–water partition coefficient (Wildman–Crippen LogP) is 5.36. The lowest BCUT2D eigenvalue weighted by molar-refractivity contribution is 0.184. The number of nitrogens with zero attached hydrogens (tertiary/aromatic N) is 1. The van der Waals surface area contributed by atoms with E-state index in [0.717, 1.165) is 30.6 Å². The molecular formula is C25H29N3. The lowest BCUT2D eigenvalue weighted by Crippen LogP contribution is -2.41. The van der Waals surface area contributed by atoms with E-state index in [0.29, 0.717) is 5.41 Å². The second kappa shape index (κ2) is 8.63. The zero-order valence-corrected chi connectivity index (χ0v) is 16.5. The minimum absolute atomic E-state index is 0.397. The van der Waals surface area contributed by atoms with E-state index < -0.39 is 0 Å². The Hall–Kier alpha value is -2.57. The second-order valence-corrected chi connectivity index (χ2v) is 8.34. The second-order valence-electron chi connectivity index (χ2n) is 8.34. The van der Waals surface area contributed by atoms with Crippen LogP contribution in [0.5, 0.6) is 0 Å². The Bertz CT molecular complexity index is 943. The summed E-state index contributed by atoms with van der Waals surface area (Å²) in [7, 11) is 0. The van der Waals surface area contributed by atoms with Gasteiger partial charge < -0.3 is 10.3 Å². The fraction of sp³-hybridized carbons (Fsp3) is 0.400. The molecule has 28 heavy (non-hydrogen) atoms. The molecule has 0 bridgehead atoms. The smallest absolute Gasteiger partial charge is 0.0991 e. The summed E-state index contributed by atoms with van der Waals surface area (Å²) < 4.78 is 0. The molecule has 1 aliphatic rings. The van der Waals surface area contributed by atoms with Crippen molar-refractivity contribution < 1.29 is 0 Å². The summed E-state index contributed by atoms with van der Waals surface area (Å²) in [5.74, 6) is 0. The zero-order valence-electron chi connectivity index (χ0n) is 16.5. The fourth-order valence-corrected chi connectivity index (χ4v) is 4.78. The number of piperidine rings is 1. The molecule has 0 radical (unpaired) electrons. The maximum atomic E-state index is 9.17. The molecule has 0 amide bonds. The van der Waals surface area contributed by atoms with Gasteiger partial charge in [0.2, 0.25) is 0 Å². The number of fused-ring (bicyclic) bond motifs is 1. The lowest BCUT2D eigenvalue weighted by atomic mass is 9.72. The van der Waals surface area contributed by atoms with E-state index in [2.05, 4.69) is 52.9 Å². The van der Waals surface area contributed by atoms with Gasteiger partial charge in [0, 0.05) is 23.6 Å². The summed E-state index contributed by atoms with van der Waals surface area (Å²) in [6.07, 6.45) is 10.7. The summed E-state index contributed by atoms with van der Waals surface area (Å²) in [6, 6.07) is 19.1. The molecule has 3 heteroatoms. The van der Waals surface area contributed by atoms with Crippen LogP contribution >= 0.6 is 0 Å². The van der Waals surface area contributed by atoms with Crippen molar-refractivity contribution >= 4 is 10.9 Å². The Morgan fingerprint density at radius 2 is 1.96 bits per heavy atom. The third kappa shape index (κ3) is 4.29. The highest BCUT2D eigenvalue weighted by Gasteiger charge is 2.31. The van der Waals surface area contributed by atoms with E-state index in [1.807, 2.05) is 18.2 Å². The highest BCUT2D eigenvalue weighted by atomic mass is 14.9. The molecule has 2 N–H and O–H groups in total. The number of nitriles is 1.